The highest BCUT2D eigenvalue weighted by Gasteiger charge is 2.41. The van der Waals surface area contributed by atoms with Gasteiger partial charge < -0.3 is 11.1 Å². The lowest BCUT2D eigenvalue weighted by Gasteiger charge is -2.17. The van der Waals surface area contributed by atoms with Gasteiger partial charge in [0.15, 0.2) is 0 Å². The van der Waals surface area contributed by atoms with Crippen molar-refractivity contribution < 1.29 is 4.79 Å². The monoisotopic (exact) mass is 385 g/mol. The van der Waals surface area contributed by atoms with Gasteiger partial charge in [0.1, 0.15) is 0 Å². The second-order valence-electron chi connectivity index (χ2n) is 5.92. The van der Waals surface area contributed by atoms with Gasteiger partial charge in [-0.3, -0.25) is 9.69 Å². The van der Waals surface area contributed by atoms with E-state index < -0.39 is 0 Å². The SMILES string of the molecule is NC1CCC2CN(CC(=O)Nc3cccc(I)c3)CC12. The number of carbonyl (C=O) groups is 1. The maximum absolute atomic E-state index is 12.1. The van der Waals surface area contributed by atoms with Gasteiger partial charge in [-0.25, -0.2) is 0 Å². The van der Waals surface area contributed by atoms with Gasteiger partial charge in [0.05, 0.1) is 6.54 Å². The molecule has 1 aliphatic heterocycles. The van der Waals surface area contributed by atoms with Crippen molar-refractivity contribution in [1.82, 2.24) is 4.90 Å². The van der Waals surface area contributed by atoms with Crippen LogP contribution in [0.2, 0.25) is 0 Å². The summed E-state index contributed by atoms with van der Waals surface area (Å²) in [5, 5.41) is 2.97. The lowest BCUT2D eigenvalue weighted by atomic mass is 9.98. The normalized spacial score (nSPS) is 29.4. The predicted octanol–water partition coefficient (Wildman–Crippen LogP) is 1.90. The van der Waals surface area contributed by atoms with E-state index in [1.165, 1.54) is 6.42 Å². The van der Waals surface area contributed by atoms with E-state index in [0.717, 1.165) is 28.8 Å². The molecule has 1 amide bonds. The van der Waals surface area contributed by atoms with E-state index in [1.807, 2.05) is 24.3 Å². The van der Waals surface area contributed by atoms with Crippen molar-refractivity contribution in [2.75, 3.05) is 25.0 Å². The molecule has 1 aliphatic carbocycles. The predicted molar refractivity (Wildman–Crippen MR) is 88.4 cm³/mol. The lowest BCUT2D eigenvalue weighted by Crippen LogP contribution is -2.34. The van der Waals surface area contributed by atoms with Crippen LogP contribution in [0.3, 0.4) is 0 Å². The van der Waals surface area contributed by atoms with Crippen molar-refractivity contribution in [2.45, 2.75) is 18.9 Å². The Balaban J connectivity index is 1.53. The molecule has 2 aliphatic rings. The maximum atomic E-state index is 12.1. The van der Waals surface area contributed by atoms with Crippen LogP contribution in [0, 0.1) is 15.4 Å². The molecular formula is C15H20IN3O. The van der Waals surface area contributed by atoms with Crippen molar-refractivity contribution in [1.29, 1.82) is 0 Å². The van der Waals surface area contributed by atoms with E-state index in [0.29, 0.717) is 24.4 Å². The lowest BCUT2D eigenvalue weighted by molar-refractivity contribution is -0.117. The van der Waals surface area contributed by atoms with Crippen molar-refractivity contribution >= 4 is 34.2 Å². The summed E-state index contributed by atoms with van der Waals surface area (Å²) in [6.07, 6.45) is 2.37. The molecule has 0 spiro atoms. The Labute approximate surface area is 133 Å². The van der Waals surface area contributed by atoms with Crippen molar-refractivity contribution in [2.24, 2.45) is 17.6 Å². The van der Waals surface area contributed by atoms with Crippen molar-refractivity contribution in [3.63, 3.8) is 0 Å². The number of rotatable bonds is 3. The highest BCUT2D eigenvalue weighted by Crippen LogP contribution is 2.36. The Bertz CT molecular complexity index is 508. The Morgan fingerprint density at radius 3 is 3.00 bits per heavy atom. The van der Waals surface area contributed by atoms with Crippen molar-refractivity contribution in [3.05, 3.63) is 27.8 Å². The Morgan fingerprint density at radius 1 is 1.40 bits per heavy atom. The third-order valence-corrected chi connectivity index (χ3v) is 5.13. The summed E-state index contributed by atoms with van der Waals surface area (Å²) < 4.78 is 1.13. The molecule has 0 radical (unpaired) electrons. The molecule has 0 aromatic heterocycles. The van der Waals surface area contributed by atoms with Crippen LogP contribution in [0.1, 0.15) is 12.8 Å². The Hall–Kier alpha value is -0.660. The number of benzene rings is 1. The van der Waals surface area contributed by atoms with Gasteiger partial charge in [0.25, 0.3) is 0 Å². The summed E-state index contributed by atoms with van der Waals surface area (Å²) in [6, 6.07) is 8.21. The van der Waals surface area contributed by atoms with Crippen LogP contribution in [0.15, 0.2) is 24.3 Å². The number of nitrogens with zero attached hydrogens (tertiary/aromatic N) is 1. The number of amides is 1. The van der Waals surface area contributed by atoms with Crippen LogP contribution in [0.4, 0.5) is 5.69 Å². The highest BCUT2D eigenvalue weighted by atomic mass is 127. The molecule has 1 saturated carbocycles. The zero-order valence-electron chi connectivity index (χ0n) is 11.4. The quantitative estimate of drug-likeness (QED) is 0.782. The second-order valence-corrected chi connectivity index (χ2v) is 7.16. The van der Waals surface area contributed by atoms with E-state index in [-0.39, 0.29) is 5.91 Å². The fourth-order valence-electron chi connectivity index (χ4n) is 3.50. The van der Waals surface area contributed by atoms with Gasteiger partial charge in [-0.15, -0.1) is 0 Å². The molecule has 3 rings (SSSR count). The van der Waals surface area contributed by atoms with Crippen LogP contribution in [0.25, 0.3) is 0 Å². The molecule has 1 heterocycles. The van der Waals surface area contributed by atoms with Crippen LogP contribution in [0.5, 0.6) is 0 Å². The molecule has 4 nitrogen and oxygen atoms in total. The number of carbonyl (C=O) groups excluding carboxylic acids is 1. The molecular weight excluding hydrogens is 365 g/mol. The van der Waals surface area contributed by atoms with Crippen molar-refractivity contribution in [3.8, 4) is 0 Å². The molecule has 20 heavy (non-hydrogen) atoms. The highest BCUT2D eigenvalue weighted by molar-refractivity contribution is 14.1. The van der Waals surface area contributed by atoms with Gasteiger partial charge in [-0.05, 0) is 65.5 Å². The maximum Gasteiger partial charge on any atom is 0.238 e. The molecule has 108 valence electrons. The summed E-state index contributed by atoms with van der Waals surface area (Å²) in [5.74, 6) is 1.37. The molecule has 3 atom stereocenters. The molecule has 1 saturated heterocycles. The molecule has 5 heteroatoms. The van der Waals surface area contributed by atoms with Gasteiger partial charge >= 0.3 is 0 Å². The van der Waals surface area contributed by atoms with Gasteiger partial charge in [0, 0.05) is 28.4 Å². The molecule has 1 aromatic carbocycles. The minimum absolute atomic E-state index is 0.0699. The zero-order valence-corrected chi connectivity index (χ0v) is 13.5. The molecule has 3 unspecified atom stereocenters. The van der Waals surface area contributed by atoms with Gasteiger partial charge in [-0.2, -0.15) is 0 Å². The number of nitrogens with two attached hydrogens (primary N) is 1. The van der Waals surface area contributed by atoms with E-state index in [4.69, 9.17) is 5.73 Å². The first-order valence-corrected chi connectivity index (χ1v) is 8.23. The Morgan fingerprint density at radius 2 is 2.25 bits per heavy atom. The van der Waals surface area contributed by atoms with E-state index in [9.17, 15) is 4.79 Å². The number of anilines is 1. The minimum atomic E-state index is 0.0699. The fourth-order valence-corrected chi connectivity index (χ4v) is 4.04. The third-order valence-electron chi connectivity index (χ3n) is 4.46. The summed E-state index contributed by atoms with van der Waals surface area (Å²) in [7, 11) is 0. The molecule has 2 fully saturated rings. The smallest absolute Gasteiger partial charge is 0.238 e. The number of fused-ring (bicyclic) bond motifs is 1. The average molecular weight is 385 g/mol. The summed E-state index contributed by atoms with van der Waals surface area (Å²) >= 11 is 2.25. The first-order chi connectivity index (χ1) is 9.61. The zero-order chi connectivity index (χ0) is 14.1. The number of halogens is 1. The Kier molecular flexibility index (Phi) is 4.28. The first-order valence-electron chi connectivity index (χ1n) is 7.15. The third kappa shape index (κ3) is 3.15. The molecule has 0 bridgehead atoms. The number of likely N-dealkylation sites (tertiary alicyclic amines) is 1. The van der Waals surface area contributed by atoms with Crippen LogP contribution in [-0.2, 0) is 4.79 Å². The topological polar surface area (TPSA) is 58.4 Å². The minimum Gasteiger partial charge on any atom is -0.327 e. The van der Waals surface area contributed by atoms with Gasteiger partial charge in [-0.1, -0.05) is 6.07 Å². The standard InChI is InChI=1S/C15H20IN3O/c16-11-2-1-3-12(6-11)18-15(20)9-19-7-10-4-5-14(17)13(10)8-19/h1-3,6,10,13-14H,4-5,7-9,17H2,(H,18,20). The molecule has 3 N–H and O–H groups in total. The van der Waals surface area contributed by atoms with E-state index >= 15 is 0 Å². The summed E-state index contributed by atoms with van der Waals surface area (Å²) in [4.78, 5) is 14.3. The first kappa shape index (κ1) is 14.3. The van der Waals surface area contributed by atoms with Crippen LogP contribution >= 0.6 is 22.6 Å². The van der Waals surface area contributed by atoms with Crippen LogP contribution < -0.4 is 11.1 Å². The fraction of sp³-hybridized carbons (Fsp3) is 0.533. The summed E-state index contributed by atoms with van der Waals surface area (Å²) in [6.45, 7) is 2.48. The van der Waals surface area contributed by atoms with Crippen LogP contribution in [-0.4, -0.2) is 36.5 Å². The number of hydrogen-bond donors (Lipinski definition) is 2. The largest absolute Gasteiger partial charge is 0.327 e. The average Bonchev–Trinajstić information content (AvgIpc) is 2.92. The number of nitrogens with one attached hydrogen (secondary N) is 1. The molecule has 1 aromatic rings. The second kappa shape index (κ2) is 5.99. The van der Waals surface area contributed by atoms with E-state index in [2.05, 4.69) is 32.8 Å². The van der Waals surface area contributed by atoms with E-state index in [1.54, 1.807) is 0 Å². The summed E-state index contributed by atoms with van der Waals surface area (Å²) in [5.41, 5.74) is 7.00. The number of hydrogen-bond acceptors (Lipinski definition) is 3. The van der Waals surface area contributed by atoms with Gasteiger partial charge in [0.2, 0.25) is 5.91 Å².